The number of hydrogen-bond acceptors (Lipinski definition) is 7. The number of nitrogens with one attached hydrogen (secondary N) is 3. The van der Waals surface area contributed by atoms with Crippen LogP contribution in [0, 0.1) is 0 Å². The highest BCUT2D eigenvalue weighted by Gasteiger charge is 2.31. The SMILES string of the molecule is COc1cccc(CNC[C@@H](O)[C@H](Cc2ccccc2)NC(=O)C(CS(=O)(=O)c2ccccc2)NC(C)=O)c1. The molecule has 0 saturated carbocycles. The summed E-state index contributed by atoms with van der Waals surface area (Å²) in [5, 5.41) is 19.5. The predicted octanol–water partition coefficient (Wildman–Crippen LogP) is 1.85. The second kappa shape index (κ2) is 14.4. The number of aliphatic hydroxyl groups excluding tert-OH is 1. The van der Waals surface area contributed by atoms with Crippen molar-refractivity contribution < 1.29 is 27.9 Å². The molecule has 4 N–H and O–H groups in total. The summed E-state index contributed by atoms with van der Waals surface area (Å²) in [5.41, 5.74) is 1.84. The van der Waals surface area contributed by atoms with Crippen molar-refractivity contribution in [2.75, 3.05) is 19.4 Å². The molecule has 0 radical (unpaired) electrons. The molecule has 0 spiro atoms. The highest BCUT2D eigenvalue weighted by atomic mass is 32.2. The number of methoxy groups -OCH3 is 1. The fourth-order valence-electron chi connectivity index (χ4n) is 4.10. The molecule has 1 unspecified atom stereocenters. The van der Waals surface area contributed by atoms with Gasteiger partial charge in [-0.2, -0.15) is 0 Å². The van der Waals surface area contributed by atoms with Gasteiger partial charge in [-0.1, -0.05) is 60.7 Å². The van der Waals surface area contributed by atoms with Gasteiger partial charge >= 0.3 is 0 Å². The Hall–Kier alpha value is -3.73. The van der Waals surface area contributed by atoms with E-state index >= 15 is 0 Å². The van der Waals surface area contributed by atoms with Crippen LogP contribution in [0.4, 0.5) is 0 Å². The zero-order chi connectivity index (χ0) is 28.3. The molecule has 0 aliphatic rings. The van der Waals surface area contributed by atoms with E-state index in [-0.39, 0.29) is 11.4 Å². The molecule has 0 heterocycles. The third-order valence-corrected chi connectivity index (χ3v) is 7.85. The van der Waals surface area contributed by atoms with Crippen molar-refractivity contribution in [3.05, 3.63) is 96.1 Å². The molecule has 3 aromatic carbocycles. The van der Waals surface area contributed by atoms with Crippen molar-refractivity contribution in [3.8, 4) is 5.75 Å². The summed E-state index contributed by atoms with van der Waals surface area (Å²) >= 11 is 0. The number of hydrogen-bond donors (Lipinski definition) is 4. The molecular formula is C29H35N3O6S. The van der Waals surface area contributed by atoms with Crippen molar-refractivity contribution in [2.24, 2.45) is 0 Å². The first-order chi connectivity index (χ1) is 18.7. The number of aliphatic hydroxyl groups is 1. The summed E-state index contributed by atoms with van der Waals surface area (Å²) in [6, 6.07) is 22.5. The van der Waals surface area contributed by atoms with Crippen LogP contribution in [0.5, 0.6) is 5.75 Å². The first-order valence-corrected chi connectivity index (χ1v) is 14.2. The van der Waals surface area contributed by atoms with E-state index in [1.54, 1.807) is 25.3 Å². The molecule has 39 heavy (non-hydrogen) atoms. The normalized spacial score (nSPS) is 13.6. The van der Waals surface area contributed by atoms with Crippen LogP contribution in [0.3, 0.4) is 0 Å². The van der Waals surface area contributed by atoms with E-state index in [2.05, 4.69) is 16.0 Å². The van der Waals surface area contributed by atoms with Gasteiger partial charge in [-0.05, 0) is 41.8 Å². The molecule has 3 aromatic rings. The van der Waals surface area contributed by atoms with Crippen LogP contribution in [0.15, 0.2) is 89.8 Å². The van der Waals surface area contributed by atoms with Crippen molar-refractivity contribution in [3.63, 3.8) is 0 Å². The number of rotatable bonds is 14. The number of carbonyl (C=O) groups is 2. The fourth-order valence-corrected chi connectivity index (χ4v) is 5.53. The Labute approximate surface area is 229 Å². The van der Waals surface area contributed by atoms with Gasteiger partial charge in [0, 0.05) is 20.0 Å². The lowest BCUT2D eigenvalue weighted by atomic mass is 10.0. The molecule has 0 bridgehead atoms. The smallest absolute Gasteiger partial charge is 0.243 e. The Balaban J connectivity index is 1.73. The second-order valence-electron chi connectivity index (χ2n) is 9.20. The number of benzene rings is 3. The molecule has 2 amide bonds. The van der Waals surface area contributed by atoms with Crippen LogP contribution in [-0.4, -0.2) is 62.9 Å². The molecule has 0 saturated heterocycles. The highest BCUT2D eigenvalue weighted by molar-refractivity contribution is 7.91. The monoisotopic (exact) mass is 553 g/mol. The molecule has 9 nitrogen and oxygen atoms in total. The average Bonchev–Trinajstić information content (AvgIpc) is 2.93. The van der Waals surface area contributed by atoms with E-state index < -0.39 is 45.6 Å². The minimum atomic E-state index is -3.88. The molecule has 0 fully saturated rings. The van der Waals surface area contributed by atoms with Gasteiger partial charge in [0.25, 0.3) is 0 Å². The van der Waals surface area contributed by atoms with Crippen molar-refractivity contribution in [1.82, 2.24) is 16.0 Å². The van der Waals surface area contributed by atoms with Crippen molar-refractivity contribution in [2.45, 2.75) is 43.0 Å². The Morgan fingerprint density at radius 2 is 1.54 bits per heavy atom. The Kier molecular flexibility index (Phi) is 11.0. The maximum absolute atomic E-state index is 13.3. The van der Waals surface area contributed by atoms with E-state index in [9.17, 15) is 23.1 Å². The summed E-state index contributed by atoms with van der Waals surface area (Å²) in [6.07, 6.45) is -0.712. The topological polar surface area (TPSA) is 134 Å². The summed E-state index contributed by atoms with van der Waals surface area (Å²) in [7, 11) is -2.29. The molecule has 0 aliphatic heterocycles. The van der Waals surface area contributed by atoms with Gasteiger partial charge in [-0.25, -0.2) is 8.42 Å². The third-order valence-electron chi connectivity index (χ3n) is 6.09. The zero-order valence-corrected chi connectivity index (χ0v) is 22.9. The predicted molar refractivity (Wildman–Crippen MR) is 149 cm³/mol. The first-order valence-electron chi connectivity index (χ1n) is 12.6. The van der Waals surface area contributed by atoms with Crippen LogP contribution < -0.4 is 20.7 Å². The molecule has 3 atom stereocenters. The van der Waals surface area contributed by atoms with Gasteiger partial charge in [0.1, 0.15) is 11.8 Å². The summed E-state index contributed by atoms with van der Waals surface area (Å²) < 4.78 is 31.2. The van der Waals surface area contributed by atoms with E-state index in [1.165, 1.54) is 19.1 Å². The maximum Gasteiger partial charge on any atom is 0.243 e. The van der Waals surface area contributed by atoms with Gasteiger partial charge in [0.15, 0.2) is 9.84 Å². The third kappa shape index (κ3) is 9.51. The van der Waals surface area contributed by atoms with E-state index in [0.717, 1.165) is 16.9 Å². The lowest BCUT2D eigenvalue weighted by Gasteiger charge is -2.27. The molecular weight excluding hydrogens is 518 g/mol. The fraction of sp³-hybridized carbons (Fsp3) is 0.310. The first kappa shape index (κ1) is 29.8. The molecule has 3 rings (SSSR count). The summed E-state index contributed by atoms with van der Waals surface area (Å²) in [4.78, 5) is 25.2. The number of ether oxygens (including phenoxy) is 1. The molecule has 0 aliphatic carbocycles. The van der Waals surface area contributed by atoms with E-state index in [1.807, 2.05) is 54.6 Å². The van der Waals surface area contributed by atoms with Crippen molar-refractivity contribution >= 4 is 21.7 Å². The minimum Gasteiger partial charge on any atom is -0.497 e. The molecule has 10 heteroatoms. The van der Waals surface area contributed by atoms with Crippen LogP contribution in [-0.2, 0) is 32.4 Å². The molecule has 0 aromatic heterocycles. The summed E-state index contributed by atoms with van der Waals surface area (Å²) in [6.45, 7) is 1.83. The molecule has 208 valence electrons. The zero-order valence-electron chi connectivity index (χ0n) is 22.0. The van der Waals surface area contributed by atoms with Gasteiger partial charge in [0.05, 0.1) is 29.9 Å². The van der Waals surface area contributed by atoms with Crippen LogP contribution in [0.1, 0.15) is 18.1 Å². The second-order valence-corrected chi connectivity index (χ2v) is 11.2. The Bertz CT molecular complexity index is 1320. The van der Waals surface area contributed by atoms with Crippen molar-refractivity contribution in [1.29, 1.82) is 0 Å². The van der Waals surface area contributed by atoms with Gasteiger partial charge in [-0.3, -0.25) is 9.59 Å². The van der Waals surface area contributed by atoms with Gasteiger partial charge in [-0.15, -0.1) is 0 Å². The average molecular weight is 554 g/mol. The number of carbonyl (C=O) groups excluding carboxylic acids is 2. The minimum absolute atomic E-state index is 0.0516. The Morgan fingerprint density at radius 3 is 2.18 bits per heavy atom. The quantitative estimate of drug-likeness (QED) is 0.239. The standard InChI is InChI=1S/C29H35N3O6S/c1-21(33)31-27(20-39(36,37)25-14-7-4-8-15-25)29(35)32-26(17-22-10-5-3-6-11-22)28(34)19-30-18-23-12-9-13-24(16-23)38-2/h3-16,26-28,30,34H,17-20H2,1-2H3,(H,31,33)(H,32,35)/t26-,27?,28+/m0/s1. The van der Waals surface area contributed by atoms with E-state index in [0.29, 0.717) is 13.0 Å². The highest BCUT2D eigenvalue weighted by Crippen LogP contribution is 2.14. The number of amides is 2. The van der Waals surface area contributed by atoms with Crippen LogP contribution >= 0.6 is 0 Å². The lowest BCUT2D eigenvalue weighted by Crippen LogP contribution is -2.56. The van der Waals surface area contributed by atoms with E-state index in [4.69, 9.17) is 4.74 Å². The number of sulfone groups is 1. The summed E-state index contributed by atoms with van der Waals surface area (Å²) in [5.74, 6) is -1.14. The largest absolute Gasteiger partial charge is 0.497 e. The van der Waals surface area contributed by atoms with Gasteiger partial charge < -0.3 is 25.8 Å². The van der Waals surface area contributed by atoms with Crippen LogP contribution in [0.25, 0.3) is 0 Å². The van der Waals surface area contributed by atoms with Crippen LogP contribution in [0.2, 0.25) is 0 Å². The maximum atomic E-state index is 13.3. The van der Waals surface area contributed by atoms with Gasteiger partial charge in [0.2, 0.25) is 11.8 Å². The Morgan fingerprint density at radius 1 is 0.897 bits per heavy atom. The lowest BCUT2D eigenvalue weighted by molar-refractivity contribution is -0.128.